The van der Waals surface area contributed by atoms with E-state index in [1.54, 1.807) is 6.20 Å². The van der Waals surface area contributed by atoms with Crippen LogP contribution in [-0.4, -0.2) is 60.6 Å². The molecule has 1 atom stereocenters. The number of hydrogen-bond donors (Lipinski definition) is 2. The number of halogens is 3. The van der Waals surface area contributed by atoms with Crippen LogP contribution in [0.1, 0.15) is 17.7 Å². The highest BCUT2D eigenvalue weighted by Gasteiger charge is 2.33. The Kier molecular flexibility index (Phi) is 5.75. The SMILES string of the molecule is Nc1nc(-c2[nH]ccc2OC(F)(F)F)c2nnn(Cc3ccc(COC4CCOC4)cn3)c2n1. The first-order chi connectivity index (χ1) is 16.4. The number of anilines is 1. The molecule has 0 aliphatic carbocycles. The van der Waals surface area contributed by atoms with Crippen LogP contribution in [0.4, 0.5) is 19.1 Å². The van der Waals surface area contributed by atoms with Crippen LogP contribution in [0.5, 0.6) is 5.75 Å². The first-order valence-corrected chi connectivity index (χ1v) is 10.3. The van der Waals surface area contributed by atoms with Crippen LogP contribution in [0.25, 0.3) is 22.6 Å². The molecule has 0 radical (unpaired) electrons. The maximum absolute atomic E-state index is 12.8. The van der Waals surface area contributed by atoms with Crippen molar-refractivity contribution in [1.82, 2.24) is 34.9 Å². The highest BCUT2D eigenvalue weighted by atomic mass is 19.4. The minimum atomic E-state index is -4.88. The van der Waals surface area contributed by atoms with Gasteiger partial charge in [-0.25, -0.2) is 9.67 Å². The van der Waals surface area contributed by atoms with Gasteiger partial charge in [-0.15, -0.1) is 18.3 Å². The molecule has 5 rings (SSSR count). The van der Waals surface area contributed by atoms with Crippen molar-refractivity contribution < 1.29 is 27.4 Å². The third-order valence-corrected chi connectivity index (χ3v) is 5.12. The summed E-state index contributed by atoms with van der Waals surface area (Å²) in [5.74, 6) is -0.625. The summed E-state index contributed by atoms with van der Waals surface area (Å²) >= 11 is 0. The largest absolute Gasteiger partial charge is 0.573 e. The van der Waals surface area contributed by atoms with Gasteiger partial charge in [-0.2, -0.15) is 4.98 Å². The minimum absolute atomic E-state index is 0.0364. The number of aromatic nitrogens is 7. The summed E-state index contributed by atoms with van der Waals surface area (Å²) in [7, 11) is 0. The van der Waals surface area contributed by atoms with Crippen LogP contribution >= 0.6 is 0 Å². The van der Waals surface area contributed by atoms with Crippen LogP contribution in [0, 0.1) is 0 Å². The van der Waals surface area contributed by atoms with E-state index in [1.165, 1.54) is 10.9 Å². The zero-order valence-electron chi connectivity index (χ0n) is 17.6. The lowest BCUT2D eigenvalue weighted by Gasteiger charge is -2.10. The molecular weight excluding hydrogens is 457 g/mol. The molecule has 1 saturated heterocycles. The van der Waals surface area contributed by atoms with Gasteiger partial charge in [-0.3, -0.25) is 4.98 Å². The van der Waals surface area contributed by atoms with Gasteiger partial charge in [0, 0.05) is 19.0 Å². The third-order valence-electron chi connectivity index (χ3n) is 5.12. The summed E-state index contributed by atoms with van der Waals surface area (Å²) in [6.07, 6.45) is -0.898. The second kappa shape index (κ2) is 8.87. The quantitative estimate of drug-likeness (QED) is 0.412. The van der Waals surface area contributed by atoms with Crippen LogP contribution < -0.4 is 10.5 Å². The fourth-order valence-electron chi connectivity index (χ4n) is 3.55. The summed E-state index contributed by atoms with van der Waals surface area (Å²) in [6, 6.07) is 4.85. The van der Waals surface area contributed by atoms with Crippen LogP contribution in [0.3, 0.4) is 0 Å². The number of aromatic amines is 1. The van der Waals surface area contributed by atoms with Crippen molar-refractivity contribution in [2.75, 3.05) is 18.9 Å². The van der Waals surface area contributed by atoms with Gasteiger partial charge in [0.25, 0.3) is 0 Å². The van der Waals surface area contributed by atoms with Crippen molar-refractivity contribution in [2.24, 2.45) is 0 Å². The maximum atomic E-state index is 12.8. The van der Waals surface area contributed by atoms with E-state index in [-0.39, 0.29) is 41.1 Å². The number of nitrogens with zero attached hydrogens (tertiary/aromatic N) is 6. The van der Waals surface area contributed by atoms with Crippen LogP contribution in [0.2, 0.25) is 0 Å². The molecule has 1 unspecified atom stereocenters. The Hall–Kier alpha value is -3.78. The average Bonchev–Trinajstić information content (AvgIpc) is 3.54. The molecule has 1 fully saturated rings. The molecule has 0 amide bonds. The summed E-state index contributed by atoms with van der Waals surface area (Å²) < 4.78 is 54.9. The van der Waals surface area contributed by atoms with Gasteiger partial charge >= 0.3 is 6.36 Å². The monoisotopic (exact) mass is 476 g/mol. The fraction of sp³-hybridized carbons (Fsp3) is 0.350. The molecule has 34 heavy (non-hydrogen) atoms. The third kappa shape index (κ3) is 4.77. The van der Waals surface area contributed by atoms with E-state index in [2.05, 4.69) is 35.0 Å². The van der Waals surface area contributed by atoms with Gasteiger partial charge in [-0.1, -0.05) is 11.3 Å². The van der Waals surface area contributed by atoms with Crippen molar-refractivity contribution in [3.63, 3.8) is 0 Å². The molecule has 11 nitrogen and oxygen atoms in total. The van der Waals surface area contributed by atoms with Crippen molar-refractivity contribution in [2.45, 2.75) is 32.0 Å². The molecule has 0 bridgehead atoms. The molecule has 0 spiro atoms. The van der Waals surface area contributed by atoms with E-state index in [1.807, 2.05) is 12.1 Å². The lowest BCUT2D eigenvalue weighted by Crippen LogP contribution is -2.17. The molecule has 4 aromatic rings. The zero-order valence-corrected chi connectivity index (χ0v) is 17.6. The number of nitrogens with two attached hydrogens (primary N) is 1. The van der Waals surface area contributed by atoms with E-state index >= 15 is 0 Å². The second-order valence-corrected chi connectivity index (χ2v) is 7.57. The number of nitrogens with one attached hydrogen (secondary N) is 1. The van der Waals surface area contributed by atoms with Crippen molar-refractivity contribution in [1.29, 1.82) is 0 Å². The zero-order chi connectivity index (χ0) is 23.7. The Morgan fingerprint density at radius 3 is 2.85 bits per heavy atom. The lowest BCUT2D eigenvalue weighted by atomic mass is 10.2. The normalized spacial score (nSPS) is 16.4. The number of hydrogen-bond acceptors (Lipinski definition) is 9. The molecular formula is C20H19F3N8O3. The summed E-state index contributed by atoms with van der Waals surface area (Å²) in [5, 5.41) is 8.13. The summed E-state index contributed by atoms with van der Waals surface area (Å²) in [4.78, 5) is 15.3. The molecule has 0 aromatic carbocycles. The van der Waals surface area contributed by atoms with Crippen molar-refractivity contribution in [3.05, 3.63) is 41.9 Å². The maximum Gasteiger partial charge on any atom is 0.573 e. The Bertz CT molecular complexity index is 1280. The smallest absolute Gasteiger partial charge is 0.403 e. The fourth-order valence-corrected chi connectivity index (χ4v) is 3.55. The van der Waals surface area contributed by atoms with Gasteiger partial charge in [0.15, 0.2) is 16.9 Å². The van der Waals surface area contributed by atoms with E-state index in [0.717, 1.165) is 18.1 Å². The average molecular weight is 476 g/mol. The lowest BCUT2D eigenvalue weighted by molar-refractivity contribution is -0.274. The highest BCUT2D eigenvalue weighted by Crippen LogP contribution is 2.34. The van der Waals surface area contributed by atoms with E-state index in [0.29, 0.717) is 25.5 Å². The Labute approximate surface area is 190 Å². The van der Waals surface area contributed by atoms with E-state index in [4.69, 9.17) is 15.2 Å². The molecule has 4 aromatic heterocycles. The molecule has 178 valence electrons. The molecule has 3 N–H and O–H groups in total. The van der Waals surface area contributed by atoms with Crippen LogP contribution in [-0.2, 0) is 22.6 Å². The number of ether oxygens (including phenoxy) is 3. The highest BCUT2D eigenvalue weighted by molar-refractivity contribution is 5.88. The van der Waals surface area contributed by atoms with E-state index in [9.17, 15) is 13.2 Å². The standard InChI is InChI=1S/C20H19F3N8O3/c21-20(22,23)34-14-3-5-25-15(14)16-17-18(28-19(24)27-16)31(30-29-17)8-12-2-1-11(7-26-12)9-33-13-4-6-32-10-13/h1-3,5,7,13,25H,4,6,8-10H2,(H2,24,27,28). The number of fused-ring (bicyclic) bond motifs is 1. The molecule has 14 heteroatoms. The minimum Gasteiger partial charge on any atom is -0.403 e. The first-order valence-electron chi connectivity index (χ1n) is 10.3. The number of rotatable bonds is 7. The first kappa shape index (κ1) is 22.0. The molecule has 5 heterocycles. The molecule has 1 aliphatic heterocycles. The predicted molar refractivity (Wildman–Crippen MR) is 111 cm³/mol. The molecule has 0 saturated carbocycles. The predicted octanol–water partition coefficient (Wildman–Crippen LogP) is 2.45. The van der Waals surface area contributed by atoms with Crippen LogP contribution in [0.15, 0.2) is 30.6 Å². The van der Waals surface area contributed by atoms with Gasteiger partial charge in [0.2, 0.25) is 5.95 Å². The van der Waals surface area contributed by atoms with Crippen molar-refractivity contribution >= 4 is 17.1 Å². The number of pyridine rings is 1. The summed E-state index contributed by atoms with van der Waals surface area (Å²) in [5.41, 5.74) is 7.80. The second-order valence-electron chi connectivity index (χ2n) is 7.57. The Balaban J connectivity index is 1.37. The Morgan fingerprint density at radius 2 is 2.12 bits per heavy atom. The van der Waals surface area contributed by atoms with Gasteiger partial charge in [0.05, 0.1) is 31.6 Å². The summed E-state index contributed by atoms with van der Waals surface area (Å²) in [6.45, 7) is 1.95. The Morgan fingerprint density at radius 1 is 1.24 bits per heavy atom. The van der Waals surface area contributed by atoms with Gasteiger partial charge < -0.3 is 24.9 Å². The molecule has 1 aliphatic rings. The number of H-pyrrole nitrogens is 1. The number of alkyl halides is 3. The topological polar surface area (TPSA) is 139 Å². The van der Waals surface area contributed by atoms with E-state index < -0.39 is 12.1 Å². The van der Waals surface area contributed by atoms with Gasteiger partial charge in [-0.05, 0) is 24.1 Å². The van der Waals surface area contributed by atoms with Gasteiger partial charge in [0.1, 0.15) is 11.4 Å². The number of nitrogen functional groups attached to an aromatic ring is 1. The van der Waals surface area contributed by atoms with Crippen molar-refractivity contribution in [3.8, 4) is 17.1 Å².